The quantitative estimate of drug-likeness (QED) is 0.391. The third-order valence-electron chi connectivity index (χ3n) is 3.19. The van der Waals surface area contributed by atoms with Crippen molar-refractivity contribution in [1.29, 1.82) is 0 Å². The summed E-state index contributed by atoms with van der Waals surface area (Å²) in [4.78, 5) is 0. The SMILES string of the molecule is C=CC(=CC)c1cc(F)c(-c2cc(F)c(F)c(F)c2)cc1F. The van der Waals surface area contributed by atoms with Crippen LogP contribution in [0.1, 0.15) is 12.5 Å². The minimum atomic E-state index is -1.66. The topological polar surface area (TPSA) is 0 Å². The normalized spacial score (nSPS) is 11.6. The largest absolute Gasteiger partial charge is 0.206 e. The molecule has 0 aliphatic heterocycles. The summed E-state index contributed by atoms with van der Waals surface area (Å²) in [6.07, 6.45) is 2.90. The summed E-state index contributed by atoms with van der Waals surface area (Å²) in [5, 5.41) is 0. The van der Waals surface area contributed by atoms with Crippen molar-refractivity contribution < 1.29 is 22.0 Å². The third-order valence-corrected chi connectivity index (χ3v) is 3.19. The summed E-state index contributed by atoms with van der Waals surface area (Å²) >= 11 is 0. The highest BCUT2D eigenvalue weighted by atomic mass is 19.2. The highest BCUT2D eigenvalue weighted by molar-refractivity contribution is 5.76. The molecule has 0 heterocycles. The number of halogens is 5. The van der Waals surface area contributed by atoms with E-state index in [1.165, 1.54) is 6.08 Å². The molecule has 2 aromatic rings. The van der Waals surface area contributed by atoms with Gasteiger partial charge in [0.05, 0.1) is 0 Å². The van der Waals surface area contributed by atoms with Gasteiger partial charge in [0, 0.05) is 11.1 Å². The van der Waals surface area contributed by atoms with E-state index in [-0.39, 0.29) is 16.7 Å². The van der Waals surface area contributed by atoms with Gasteiger partial charge in [-0.1, -0.05) is 18.7 Å². The van der Waals surface area contributed by atoms with Crippen molar-refractivity contribution in [2.45, 2.75) is 6.92 Å². The van der Waals surface area contributed by atoms with E-state index in [4.69, 9.17) is 0 Å². The molecule has 0 nitrogen and oxygen atoms in total. The van der Waals surface area contributed by atoms with E-state index in [1.807, 2.05) is 0 Å². The zero-order valence-corrected chi connectivity index (χ0v) is 11.6. The molecule has 0 unspecified atom stereocenters. The first-order chi connectivity index (χ1) is 10.4. The Morgan fingerprint density at radius 3 is 1.95 bits per heavy atom. The van der Waals surface area contributed by atoms with Gasteiger partial charge in [0.2, 0.25) is 0 Å². The Balaban J connectivity index is 2.64. The predicted molar refractivity (Wildman–Crippen MR) is 75.5 cm³/mol. The van der Waals surface area contributed by atoms with Crippen molar-refractivity contribution >= 4 is 5.57 Å². The van der Waals surface area contributed by atoms with Crippen LogP contribution < -0.4 is 0 Å². The lowest BCUT2D eigenvalue weighted by Gasteiger charge is -2.10. The van der Waals surface area contributed by atoms with Crippen LogP contribution in [-0.4, -0.2) is 0 Å². The van der Waals surface area contributed by atoms with Gasteiger partial charge >= 0.3 is 0 Å². The van der Waals surface area contributed by atoms with E-state index < -0.39 is 29.1 Å². The first kappa shape index (κ1) is 15.9. The fraction of sp³-hybridized carbons (Fsp3) is 0.0588. The zero-order valence-electron chi connectivity index (χ0n) is 11.6. The van der Waals surface area contributed by atoms with E-state index in [9.17, 15) is 22.0 Å². The van der Waals surface area contributed by atoms with E-state index in [1.54, 1.807) is 13.0 Å². The summed E-state index contributed by atoms with van der Waals surface area (Å²) in [5.74, 6) is -6.28. The molecule has 114 valence electrons. The van der Waals surface area contributed by atoms with Gasteiger partial charge in [0.1, 0.15) is 11.6 Å². The van der Waals surface area contributed by atoms with Gasteiger partial charge in [-0.05, 0) is 42.3 Å². The smallest absolute Gasteiger partial charge is 0.194 e. The molecule has 2 rings (SSSR count). The second-order valence-electron chi connectivity index (χ2n) is 4.51. The van der Waals surface area contributed by atoms with Gasteiger partial charge in [-0.15, -0.1) is 0 Å². The van der Waals surface area contributed by atoms with Crippen LogP contribution in [0.4, 0.5) is 22.0 Å². The third kappa shape index (κ3) is 2.79. The first-order valence-corrected chi connectivity index (χ1v) is 6.32. The Labute approximate surface area is 124 Å². The van der Waals surface area contributed by atoms with Gasteiger partial charge < -0.3 is 0 Å². The average molecular weight is 310 g/mol. The Morgan fingerprint density at radius 2 is 1.45 bits per heavy atom. The molecular formula is C17H11F5. The standard InChI is InChI=1S/C17H11F5/c1-3-9(4-2)11-7-14(19)12(8-13(11)18)10-5-15(20)17(22)16(21)6-10/h3-8H,1H2,2H3. The lowest BCUT2D eigenvalue weighted by molar-refractivity contribution is 0.447. The minimum Gasteiger partial charge on any atom is -0.206 e. The van der Waals surface area contributed by atoms with Crippen LogP contribution in [-0.2, 0) is 0 Å². The van der Waals surface area contributed by atoms with Gasteiger partial charge in [-0.3, -0.25) is 0 Å². The van der Waals surface area contributed by atoms with E-state index >= 15 is 0 Å². The summed E-state index contributed by atoms with van der Waals surface area (Å²) in [6, 6.07) is 2.94. The minimum absolute atomic E-state index is 0.0261. The lowest BCUT2D eigenvalue weighted by Crippen LogP contribution is -1.97. The van der Waals surface area contributed by atoms with E-state index in [0.717, 1.165) is 12.1 Å². The van der Waals surface area contributed by atoms with E-state index in [2.05, 4.69) is 6.58 Å². The van der Waals surface area contributed by atoms with Crippen LogP contribution in [0.15, 0.2) is 43.0 Å². The Bertz CT molecular complexity index is 752. The second-order valence-corrected chi connectivity index (χ2v) is 4.51. The van der Waals surface area contributed by atoms with Crippen molar-refractivity contribution in [1.82, 2.24) is 0 Å². The molecule has 0 aliphatic carbocycles. The molecule has 0 N–H and O–H groups in total. The van der Waals surface area contributed by atoms with Gasteiger partial charge in [0.15, 0.2) is 17.5 Å². The van der Waals surface area contributed by atoms with Crippen LogP contribution in [0, 0.1) is 29.1 Å². The van der Waals surface area contributed by atoms with Crippen LogP contribution in [0.3, 0.4) is 0 Å². The molecule has 0 spiro atoms. The molecule has 2 aromatic carbocycles. The lowest BCUT2D eigenvalue weighted by atomic mass is 9.98. The molecule has 0 radical (unpaired) electrons. The number of hydrogen-bond acceptors (Lipinski definition) is 0. The monoisotopic (exact) mass is 310 g/mol. The number of allylic oxidation sites excluding steroid dienone is 3. The maximum Gasteiger partial charge on any atom is 0.194 e. The van der Waals surface area contributed by atoms with Crippen molar-refractivity contribution in [3.63, 3.8) is 0 Å². The molecular weight excluding hydrogens is 299 g/mol. The van der Waals surface area contributed by atoms with Crippen molar-refractivity contribution in [3.8, 4) is 11.1 Å². The molecule has 0 amide bonds. The van der Waals surface area contributed by atoms with Crippen LogP contribution in [0.5, 0.6) is 0 Å². The molecule has 0 bridgehead atoms. The molecule has 0 aromatic heterocycles. The summed E-state index contributed by atoms with van der Waals surface area (Å²) < 4.78 is 67.6. The maximum absolute atomic E-state index is 14.1. The average Bonchev–Trinajstić information content (AvgIpc) is 2.48. The fourth-order valence-electron chi connectivity index (χ4n) is 2.08. The highest BCUT2D eigenvalue weighted by Gasteiger charge is 2.17. The summed E-state index contributed by atoms with van der Waals surface area (Å²) in [6.45, 7) is 5.13. The van der Waals surface area contributed by atoms with Crippen LogP contribution in [0.25, 0.3) is 16.7 Å². The molecule has 0 fully saturated rings. The molecule has 0 saturated heterocycles. The fourth-order valence-corrected chi connectivity index (χ4v) is 2.08. The number of hydrogen-bond donors (Lipinski definition) is 0. The summed E-state index contributed by atoms with van der Waals surface area (Å²) in [5.41, 5.74) is -0.306. The summed E-state index contributed by atoms with van der Waals surface area (Å²) in [7, 11) is 0. The Hall–Kier alpha value is -2.43. The van der Waals surface area contributed by atoms with Crippen LogP contribution >= 0.6 is 0 Å². The second kappa shape index (κ2) is 6.13. The maximum atomic E-state index is 14.1. The van der Waals surface area contributed by atoms with Crippen molar-refractivity contribution in [3.05, 3.63) is 77.6 Å². The Kier molecular flexibility index (Phi) is 4.45. The van der Waals surface area contributed by atoms with Gasteiger partial charge in [-0.25, -0.2) is 22.0 Å². The van der Waals surface area contributed by atoms with Gasteiger partial charge in [0.25, 0.3) is 0 Å². The van der Waals surface area contributed by atoms with Gasteiger partial charge in [-0.2, -0.15) is 0 Å². The number of benzene rings is 2. The predicted octanol–water partition coefficient (Wildman–Crippen LogP) is 5.64. The molecule has 0 aliphatic rings. The molecule has 5 heteroatoms. The van der Waals surface area contributed by atoms with Crippen molar-refractivity contribution in [2.75, 3.05) is 0 Å². The molecule has 0 atom stereocenters. The molecule has 22 heavy (non-hydrogen) atoms. The molecule has 0 saturated carbocycles. The Morgan fingerprint density at radius 1 is 0.864 bits per heavy atom. The first-order valence-electron chi connectivity index (χ1n) is 6.32. The van der Waals surface area contributed by atoms with Crippen molar-refractivity contribution in [2.24, 2.45) is 0 Å². The van der Waals surface area contributed by atoms with Crippen LogP contribution in [0.2, 0.25) is 0 Å². The number of rotatable bonds is 3. The van der Waals surface area contributed by atoms with E-state index in [0.29, 0.717) is 17.7 Å². The zero-order chi connectivity index (χ0) is 16.4. The highest BCUT2D eigenvalue weighted by Crippen LogP contribution is 2.30.